The molecule has 0 atom stereocenters. The van der Waals surface area contributed by atoms with Crippen molar-refractivity contribution in [3.63, 3.8) is 0 Å². The summed E-state index contributed by atoms with van der Waals surface area (Å²) in [5.74, 6) is -0.284. The van der Waals surface area contributed by atoms with Gasteiger partial charge in [-0.1, -0.05) is 23.2 Å². The number of rotatable bonds is 4. The van der Waals surface area contributed by atoms with Crippen LogP contribution in [-0.2, 0) is 14.2 Å². The highest BCUT2D eigenvalue weighted by Gasteiger charge is 2.17. The molecule has 0 saturated carbocycles. The number of halogens is 2. The quantitative estimate of drug-likeness (QED) is 0.630. The van der Waals surface area contributed by atoms with E-state index in [1.807, 2.05) is 9.80 Å². The second kappa shape index (κ2) is 12.0. The standard InChI is InChI=1S/C11H13ClN2O3.C10H11ClN2O3/c1-16-11(15)9-6-8(12)7-10(13-9)14-2-4-17-5-3-14;11-7-5-8(10(14)15)12-9(6-7)13-1-3-16-4-2-13/h6-7H,2-5H2,1H3;5-6H,1-4H2,(H,14,15). The van der Waals surface area contributed by atoms with Gasteiger partial charge in [-0.25, -0.2) is 19.6 Å². The number of methoxy groups -OCH3 is 1. The van der Waals surface area contributed by atoms with Gasteiger partial charge in [0.25, 0.3) is 0 Å². The average Bonchev–Trinajstić information content (AvgIpc) is 2.84. The van der Waals surface area contributed by atoms with Crippen LogP contribution in [0.1, 0.15) is 21.0 Å². The van der Waals surface area contributed by atoms with Gasteiger partial charge in [0.15, 0.2) is 11.4 Å². The Kier molecular flexibility index (Phi) is 9.07. The van der Waals surface area contributed by atoms with E-state index in [9.17, 15) is 9.59 Å². The number of ether oxygens (including phenoxy) is 3. The number of carbonyl (C=O) groups excluding carboxylic acids is 1. The van der Waals surface area contributed by atoms with Crippen LogP contribution in [0, 0.1) is 0 Å². The van der Waals surface area contributed by atoms with Crippen LogP contribution in [0.3, 0.4) is 0 Å². The molecular formula is C21H24Cl2N4O6. The summed E-state index contributed by atoms with van der Waals surface area (Å²) in [6, 6.07) is 6.24. The van der Waals surface area contributed by atoms with E-state index in [0.717, 1.165) is 13.1 Å². The minimum Gasteiger partial charge on any atom is -0.477 e. The molecule has 0 aliphatic carbocycles. The number of pyridine rings is 2. The zero-order chi connectivity index (χ0) is 23.8. The predicted octanol–water partition coefficient (Wildman–Crippen LogP) is 2.63. The molecule has 2 saturated heterocycles. The summed E-state index contributed by atoms with van der Waals surface area (Å²) in [5, 5.41) is 9.72. The zero-order valence-corrected chi connectivity index (χ0v) is 19.5. The lowest BCUT2D eigenvalue weighted by Crippen LogP contribution is -2.37. The van der Waals surface area contributed by atoms with E-state index in [-0.39, 0.29) is 11.4 Å². The third-order valence-corrected chi connectivity index (χ3v) is 5.27. The van der Waals surface area contributed by atoms with Crippen molar-refractivity contribution in [2.24, 2.45) is 0 Å². The molecule has 2 aromatic rings. The first-order valence-electron chi connectivity index (χ1n) is 10.2. The maximum absolute atomic E-state index is 11.4. The van der Waals surface area contributed by atoms with Crippen LogP contribution in [-0.4, -0.2) is 86.7 Å². The van der Waals surface area contributed by atoms with Crippen LogP contribution < -0.4 is 9.80 Å². The number of hydrogen-bond donors (Lipinski definition) is 1. The van der Waals surface area contributed by atoms with E-state index in [4.69, 9.17) is 37.8 Å². The van der Waals surface area contributed by atoms with E-state index >= 15 is 0 Å². The topological polar surface area (TPSA) is 114 Å². The van der Waals surface area contributed by atoms with Gasteiger partial charge in [-0.15, -0.1) is 0 Å². The van der Waals surface area contributed by atoms with Gasteiger partial charge >= 0.3 is 11.9 Å². The SMILES string of the molecule is COC(=O)c1cc(Cl)cc(N2CCOCC2)n1.O=C(O)c1cc(Cl)cc(N2CCOCC2)n1. The van der Waals surface area contributed by atoms with Crippen LogP contribution in [0.4, 0.5) is 11.6 Å². The molecule has 33 heavy (non-hydrogen) atoms. The average molecular weight is 499 g/mol. The molecule has 10 nitrogen and oxygen atoms in total. The summed E-state index contributed by atoms with van der Waals surface area (Å²) in [6.07, 6.45) is 0. The molecule has 2 aliphatic rings. The highest BCUT2D eigenvalue weighted by Crippen LogP contribution is 2.21. The number of carboxylic acids is 1. The van der Waals surface area contributed by atoms with Crippen molar-refractivity contribution < 1.29 is 28.9 Å². The normalized spacial score (nSPS) is 16.0. The molecule has 0 bridgehead atoms. The maximum Gasteiger partial charge on any atom is 0.356 e. The molecule has 2 aromatic heterocycles. The molecule has 12 heteroatoms. The van der Waals surface area contributed by atoms with Crippen LogP contribution >= 0.6 is 23.2 Å². The molecule has 178 valence electrons. The Labute approximate surface area is 201 Å². The Morgan fingerprint density at radius 3 is 1.70 bits per heavy atom. The third-order valence-electron chi connectivity index (χ3n) is 4.84. The summed E-state index contributed by atoms with van der Waals surface area (Å²) < 4.78 is 15.1. The van der Waals surface area contributed by atoms with Gasteiger partial charge in [-0.05, 0) is 24.3 Å². The number of nitrogens with zero attached hydrogens (tertiary/aromatic N) is 4. The van der Waals surface area contributed by atoms with Crippen molar-refractivity contribution in [3.05, 3.63) is 45.7 Å². The number of morpholine rings is 2. The van der Waals surface area contributed by atoms with Crippen molar-refractivity contribution in [2.75, 3.05) is 69.5 Å². The van der Waals surface area contributed by atoms with Crippen molar-refractivity contribution in [1.29, 1.82) is 0 Å². The van der Waals surface area contributed by atoms with E-state index in [0.29, 0.717) is 61.2 Å². The molecule has 2 fully saturated rings. The summed E-state index contributed by atoms with van der Waals surface area (Å²) in [7, 11) is 1.32. The molecule has 1 N–H and O–H groups in total. The summed E-state index contributed by atoms with van der Waals surface area (Å²) in [5.41, 5.74) is 0.190. The van der Waals surface area contributed by atoms with Crippen molar-refractivity contribution in [1.82, 2.24) is 9.97 Å². The van der Waals surface area contributed by atoms with E-state index in [1.54, 1.807) is 12.1 Å². The van der Waals surface area contributed by atoms with Crippen LogP contribution in [0.5, 0.6) is 0 Å². The minimum absolute atomic E-state index is 0.0333. The first-order chi connectivity index (χ1) is 15.9. The van der Waals surface area contributed by atoms with Crippen LogP contribution in [0.25, 0.3) is 0 Å². The maximum atomic E-state index is 11.4. The lowest BCUT2D eigenvalue weighted by Gasteiger charge is -2.28. The number of aromatic nitrogens is 2. The van der Waals surface area contributed by atoms with Crippen LogP contribution in [0.2, 0.25) is 10.0 Å². The second-order valence-electron chi connectivity index (χ2n) is 7.05. The zero-order valence-electron chi connectivity index (χ0n) is 18.0. The van der Waals surface area contributed by atoms with Gasteiger partial charge in [-0.3, -0.25) is 0 Å². The number of hydrogen-bond acceptors (Lipinski definition) is 9. The van der Waals surface area contributed by atoms with Gasteiger partial charge in [-0.2, -0.15) is 0 Å². The first-order valence-corrected chi connectivity index (χ1v) is 10.9. The number of esters is 1. The Bertz CT molecular complexity index is 981. The minimum atomic E-state index is -1.07. The molecular weight excluding hydrogens is 475 g/mol. The van der Waals surface area contributed by atoms with Crippen molar-refractivity contribution in [2.45, 2.75) is 0 Å². The largest absolute Gasteiger partial charge is 0.477 e. The van der Waals surface area contributed by atoms with Gasteiger partial charge in [0.2, 0.25) is 0 Å². The lowest BCUT2D eigenvalue weighted by molar-refractivity contribution is 0.0593. The molecule has 2 aliphatic heterocycles. The number of carboxylic acid groups (broad SMARTS) is 1. The Morgan fingerprint density at radius 2 is 1.27 bits per heavy atom. The molecule has 0 aromatic carbocycles. The van der Waals surface area contributed by atoms with Crippen molar-refractivity contribution in [3.8, 4) is 0 Å². The third kappa shape index (κ3) is 7.16. The molecule has 4 heterocycles. The fourth-order valence-electron chi connectivity index (χ4n) is 3.19. The van der Waals surface area contributed by atoms with Crippen LogP contribution in [0.15, 0.2) is 24.3 Å². The van der Waals surface area contributed by atoms with Gasteiger partial charge in [0.1, 0.15) is 11.6 Å². The Morgan fingerprint density at radius 1 is 0.848 bits per heavy atom. The van der Waals surface area contributed by atoms with E-state index < -0.39 is 11.9 Å². The molecule has 0 unspecified atom stereocenters. The molecule has 0 radical (unpaired) electrons. The molecule has 4 rings (SSSR count). The van der Waals surface area contributed by atoms with Gasteiger partial charge in [0.05, 0.1) is 33.5 Å². The Hall–Kier alpha value is -2.66. The Balaban J connectivity index is 0.000000186. The number of aromatic carboxylic acids is 1. The molecule has 0 amide bonds. The summed E-state index contributed by atoms with van der Waals surface area (Å²) in [6.45, 7) is 5.44. The second-order valence-corrected chi connectivity index (χ2v) is 7.93. The highest BCUT2D eigenvalue weighted by molar-refractivity contribution is 6.31. The van der Waals surface area contributed by atoms with Gasteiger partial charge in [0, 0.05) is 36.2 Å². The number of carbonyl (C=O) groups is 2. The fourth-order valence-corrected chi connectivity index (χ4v) is 3.60. The first kappa shape index (κ1) is 25.0. The molecule has 0 spiro atoms. The predicted molar refractivity (Wildman–Crippen MR) is 123 cm³/mol. The van der Waals surface area contributed by atoms with E-state index in [2.05, 4.69) is 14.7 Å². The summed E-state index contributed by atoms with van der Waals surface area (Å²) in [4.78, 5) is 34.5. The summed E-state index contributed by atoms with van der Waals surface area (Å²) >= 11 is 11.8. The number of anilines is 2. The van der Waals surface area contributed by atoms with Crippen molar-refractivity contribution >= 4 is 46.8 Å². The highest BCUT2D eigenvalue weighted by atomic mass is 35.5. The smallest absolute Gasteiger partial charge is 0.356 e. The fraction of sp³-hybridized carbons (Fsp3) is 0.429. The monoisotopic (exact) mass is 498 g/mol. The van der Waals surface area contributed by atoms with Gasteiger partial charge < -0.3 is 29.1 Å². The lowest BCUT2D eigenvalue weighted by atomic mass is 10.3. The van der Waals surface area contributed by atoms with E-state index in [1.165, 1.54) is 19.2 Å².